The fourth-order valence-electron chi connectivity index (χ4n) is 6.12. The number of nitrogens with one attached hydrogen (secondary N) is 2. The number of rotatable bonds is 8. The van der Waals surface area contributed by atoms with Gasteiger partial charge in [-0.25, -0.2) is 0 Å². The maximum atomic E-state index is 13.3. The van der Waals surface area contributed by atoms with Crippen LogP contribution in [-0.4, -0.2) is 53.4 Å². The Balaban J connectivity index is 1.20. The van der Waals surface area contributed by atoms with Crippen molar-refractivity contribution in [3.63, 3.8) is 0 Å². The van der Waals surface area contributed by atoms with Crippen molar-refractivity contribution in [1.82, 2.24) is 15.6 Å². The molecule has 1 unspecified atom stereocenters. The first-order valence-electron chi connectivity index (χ1n) is 14.0. The number of ether oxygens (including phenoxy) is 1. The number of pyridine rings is 1. The van der Waals surface area contributed by atoms with Crippen LogP contribution in [0.3, 0.4) is 0 Å². The van der Waals surface area contributed by atoms with E-state index in [1.807, 2.05) is 42.5 Å². The maximum Gasteiger partial charge on any atom is 0.416 e. The molecule has 0 amide bonds. The van der Waals surface area contributed by atoms with E-state index in [0.717, 1.165) is 60.3 Å². The molecule has 7 nitrogen and oxygen atoms in total. The second-order valence-electron chi connectivity index (χ2n) is 10.7. The third kappa shape index (κ3) is 5.45. The van der Waals surface area contributed by atoms with Crippen molar-refractivity contribution < 1.29 is 28.2 Å². The second kappa shape index (κ2) is 11.7. The van der Waals surface area contributed by atoms with Crippen LogP contribution in [0.4, 0.5) is 13.2 Å². The molecule has 2 aliphatic rings. The molecule has 0 radical (unpaired) electrons. The Morgan fingerprint density at radius 1 is 1.00 bits per heavy atom. The van der Waals surface area contributed by atoms with E-state index in [4.69, 9.17) is 4.74 Å². The highest BCUT2D eigenvalue weighted by atomic mass is 19.4. The lowest BCUT2D eigenvalue weighted by molar-refractivity contribution is -0.137. The highest BCUT2D eigenvalue weighted by Crippen LogP contribution is 2.41. The number of halogens is 3. The Labute approximate surface area is 241 Å². The van der Waals surface area contributed by atoms with Gasteiger partial charge in [0.05, 0.1) is 16.6 Å². The lowest BCUT2D eigenvalue weighted by Crippen LogP contribution is -2.40. The predicted octanol–water partition coefficient (Wildman–Crippen LogP) is 5.53. The number of hydrogen-bond donors (Lipinski definition) is 4. The quantitative estimate of drug-likeness (QED) is 0.143. The minimum atomic E-state index is -4.45. The fraction of sp³-hybridized carbons (Fsp3) is 0.312. The molecule has 0 spiro atoms. The van der Waals surface area contributed by atoms with E-state index in [-0.39, 0.29) is 30.6 Å². The Morgan fingerprint density at radius 3 is 2.52 bits per heavy atom. The number of fused-ring (bicyclic) bond motifs is 4. The van der Waals surface area contributed by atoms with Gasteiger partial charge in [0.2, 0.25) is 0 Å². The van der Waals surface area contributed by atoms with Crippen molar-refractivity contribution in [2.75, 3.05) is 26.2 Å². The summed E-state index contributed by atoms with van der Waals surface area (Å²) < 4.78 is 46.1. The summed E-state index contributed by atoms with van der Waals surface area (Å²) >= 11 is 0. The fourth-order valence-corrected chi connectivity index (χ4v) is 6.12. The Kier molecular flexibility index (Phi) is 7.85. The Bertz CT molecular complexity index is 1620. The molecule has 1 saturated heterocycles. The van der Waals surface area contributed by atoms with Gasteiger partial charge in [-0.3, -0.25) is 4.98 Å². The molecule has 1 aliphatic heterocycles. The van der Waals surface area contributed by atoms with E-state index < -0.39 is 17.8 Å². The van der Waals surface area contributed by atoms with Gasteiger partial charge in [-0.2, -0.15) is 13.2 Å². The van der Waals surface area contributed by atoms with E-state index in [1.165, 1.54) is 6.07 Å². The SMILES string of the molecule is ON=C1c2ccccc2-c2cccc(OC[C@@H](O)CNC(c3ccnc4cc(C(F)(F)F)ccc34)C3CCNCC3)c21. The van der Waals surface area contributed by atoms with Crippen molar-refractivity contribution >= 4 is 16.6 Å². The lowest BCUT2D eigenvalue weighted by atomic mass is 9.84. The molecule has 3 aromatic carbocycles. The number of aliphatic hydroxyl groups excluding tert-OH is 1. The third-order valence-corrected chi connectivity index (χ3v) is 8.13. The van der Waals surface area contributed by atoms with Gasteiger partial charge in [-0.15, -0.1) is 0 Å². The number of aliphatic hydroxyl groups is 1. The molecule has 6 rings (SSSR count). The normalized spacial score (nSPS) is 17.7. The van der Waals surface area contributed by atoms with E-state index >= 15 is 0 Å². The van der Waals surface area contributed by atoms with E-state index in [1.54, 1.807) is 12.3 Å². The van der Waals surface area contributed by atoms with Crippen LogP contribution in [0.1, 0.15) is 41.1 Å². The minimum Gasteiger partial charge on any atom is -0.490 e. The number of piperidine rings is 1. The highest BCUT2D eigenvalue weighted by Gasteiger charge is 2.32. The van der Waals surface area contributed by atoms with E-state index in [2.05, 4.69) is 20.8 Å². The second-order valence-corrected chi connectivity index (χ2v) is 10.7. The average molecular weight is 577 g/mol. The summed E-state index contributed by atoms with van der Waals surface area (Å²) in [6, 6.07) is 18.6. The van der Waals surface area contributed by atoms with Gasteiger partial charge in [0, 0.05) is 29.7 Å². The summed E-state index contributed by atoms with van der Waals surface area (Å²) in [5.41, 5.74) is 4.16. The van der Waals surface area contributed by atoms with Crippen LogP contribution in [0.25, 0.3) is 22.0 Å². The zero-order valence-corrected chi connectivity index (χ0v) is 22.7. The van der Waals surface area contributed by atoms with Crippen LogP contribution in [0.15, 0.2) is 78.1 Å². The summed E-state index contributed by atoms with van der Waals surface area (Å²) in [4.78, 5) is 4.22. The molecule has 1 aliphatic carbocycles. The molecule has 1 aromatic heterocycles. The summed E-state index contributed by atoms with van der Waals surface area (Å²) in [7, 11) is 0. The molecule has 1 fully saturated rings. The molecule has 2 heterocycles. The van der Waals surface area contributed by atoms with Crippen molar-refractivity contribution in [2.45, 2.75) is 31.2 Å². The molecule has 4 aromatic rings. The third-order valence-electron chi connectivity index (χ3n) is 8.13. The number of nitrogens with zero attached hydrogens (tertiary/aromatic N) is 2. The predicted molar refractivity (Wildman–Crippen MR) is 154 cm³/mol. The zero-order valence-electron chi connectivity index (χ0n) is 22.7. The van der Waals surface area contributed by atoms with Crippen molar-refractivity contribution in [2.24, 2.45) is 11.1 Å². The van der Waals surface area contributed by atoms with Gasteiger partial charge >= 0.3 is 6.18 Å². The summed E-state index contributed by atoms with van der Waals surface area (Å²) in [5.74, 6) is 0.720. The molecule has 10 heteroatoms. The number of benzene rings is 3. The van der Waals surface area contributed by atoms with Crippen LogP contribution in [-0.2, 0) is 6.18 Å². The molecule has 42 heavy (non-hydrogen) atoms. The number of oxime groups is 1. The van der Waals surface area contributed by atoms with Gasteiger partial charge < -0.3 is 25.7 Å². The van der Waals surface area contributed by atoms with Gasteiger partial charge in [-0.05, 0) is 72.8 Å². The summed E-state index contributed by atoms with van der Waals surface area (Å²) in [6.45, 7) is 1.87. The van der Waals surface area contributed by atoms with Gasteiger partial charge in [0.15, 0.2) is 0 Å². The van der Waals surface area contributed by atoms with Crippen LogP contribution < -0.4 is 15.4 Å². The van der Waals surface area contributed by atoms with Crippen LogP contribution >= 0.6 is 0 Å². The minimum absolute atomic E-state index is 0.0104. The van der Waals surface area contributed by atoms with E-state index in [9.17, 15) is 23.5 Å². The topological polar surface area (TPSA) is 99.0 Å². The maximum absolute atomic E-state index is 13.3. The summed E-state index contributed by atoms with van der Waals surface area (Å²) in [6.07, 6.45) is -2.02. The Morgan fingerprint density at radius 2 is 1.76 bits per heavy atom. The molecular weight excluding hydrogens is 545 g/mol. The molecule has 4 N–H and O–H groups in total. The number of hydrogen-bond acceptors (Lipinski definition) is 7. The molecule has 0 saturated carbocycles. The van der Waals surface area contributed by atoms with Gasteiger partial charge in [0.25, 0.3) is 0 Å². The zero-order chi connectivity index (χ0) is 29.3. The van der Waals surface area contributed by atoms with Crippen molar-refractivity contribution in [3.05, 3.63) is 95.2 Å². The molecule has 218 valence electrons. The molecule has 2 atom stereocenters. The number of alkyl halides is 3. The van der Waals surface area contributed by atoms with Gasteiger partial charge in [-0.1, -0.05) is 47.6 Å². The van der Waals surface area contributed by atoms with Gasteiger partial charge in [0.1, 0.15) is 24.2 Å². The van der Waals surface area contributed by atoms with E-state index in [0.29, 0.717) is 22.4 Å². The first-order chi connectivity index (χ1) is 20.3. The smallest absolute Gasteiger partial charge is 0.416 e. The molecular formula is C32H31F3N4O3. The molecule has 0 bridgehead atoms. The standard InChI is InChI=1S/C32H31F3N4O3/c33-32(34,35)20-8-9-23-26(12-15-37-27(23)16-20)30(19-10-13-36-14-11-19)38-17-21(40)18-42-28-7-3-6-24-22-4-1-2-5-25(22)31(39-41)29(24)28/h1-9,12,15-16,19,21,30,36,38,40-41H,10-11,13-14,17-18H2/t21-,30?/m0/s1. The highest BCUT2D eigenvalue weighted by molar-refractivity contribution is 6.25. The monoisotopic (exact) mass is 576 g/mol. The van der Waals surface area contributed by atoms with Crippen molar-refractivity contribution in [1.29, 1.82) is 0 Å². The average Bonchev–Trinajstić information content (AvgIpc) is 3.34. The van der Waals surface area contributed by atoms with Crippen LogP contribution in [0.5, 0.6) is 5.75 Å². The Hall–Kier alpha value is -3.99. The largest absolute Gasteiger partial charge is 0.490 e. The first kappa shape index (κ1) is 28.1. The summed E-state index contributed by atoms with van der Waals surface area (Å²) in [5, 5.41) is 31.8. The number of aromatic nitrogens is 1. The van der Waals surface area contributed by atoms with Crippen molar-refractivity contribution in [3.8, 4) is 16.9 Å². The van der Waals surface area contributed by atoms with Crippen LogP contribution in [0.2, 0.25) is 0 Å². The lowest BCUT2D eigenvalue weighted by Gasteiger charge is -2.33. The first-order valence-corrected chi connectivity index (χ1v) is 14.0. The van der Waals surface area contributed by atoms with Crippen LogP contribution in [0, 0.1) is 5.92 Å².